The Morgan fingerprint density at radius 1 is 1.16 bits per heavy atom. The number of carbonyl (C=O) groups is 1. The lowest BCUT2D eigenvalue weighted by atomic mass is 9.94. The van der Waals surface area contributed by atoms with Gasteiger partial charge in [0, 0.05) is 85.4 Å². The molecule has 5 heterocycles. The molecule has 0 N–H and O–H groups in total. The number of hydrogen-bond acceptors (Lipinski definition) is 7. The van der Waals surface area contributed by atoms with Crippen LogP contribution in [0.25, 0.3) is 32.9 Å². The third-order valence-corrected chi connectivity index (χ3v) is 10.3. The number of piperazine rings is 1. The zero-order chi connectivity index (χ0) is 31.6. The van der Waals surface area contributed by atoms with Crippen molar-refractivity contribution in [1.29, 1.82) is 0 Å². The van der Waals surface area contributed by atoms with Crippen LogP contribution < -0.4 is 10.6 Å². The van der Waals surface area contributed by atoms with Crippen LogP contribution in [0.3, 0.4) is 0 Å². The van der Waals surface area contributed by atoms with E-state index in [4.69, 9.17) is 0 Å². The van der Waals surface area contributed by atoms with Gasteiger partial charge in [0.1, 0.15) is 12.0 Å². The SMILES string of the molecule is C=CC(=O)N1CCN(c2nc(=O)n3c4c(c(-c5cccc6cnn(C)c56)c(C(F)(F)F)cc24)SCC3CN2CCC(F)C2)CC1. The highest BCUT2D eigenvalue weighted by Gasteiger charge is 2.40. The highest BCUT2D eigenvalue weighted by molar-refractivity contribution is 7.99. The zero-order valence-electron chi connectivity index (χ0n) is 24.6. The molecule has 2 fully saturated rings. The summed E-state index contributed by atoms with van der Waals surface area (Å²) in [4.78, 5) is 36.3. The summed E-state index contributed by atoms with van der Waals surface area (Å²) in [6.45, 7) is 5.94. The fraction of sp³-hybridized carbons (Fsp3) is 0.419. The number of carbonyl (C=O) groups excluding carboxylic acids is 1. The quantitative estimate of drug-likeness (QED) is 0.235. The van der Waals surface area contributed by atoms with Crippen molar-refractivity contribution in [3.8, 4) is 11.1 Å². The summed E-state index contributed by atoms with van der Waals surface area (Å²) < 4.78 is 62.5. The van der Waals surface area contributed by atoms with Gasteiger partial charge in [-0.15, -0.1) is 11.8 Å². The highest BCUT2D eigenvalue weighted by Crippen LogP contribution is 2.51. The summed E-state index contributed by atoms with van der Waals surface area (Å²) in [5.41, 5.74) is -0.0550. The Hall–Kier alpha value is -3.91. The van der Waals surface area contributed by atoms with Gasteiger partial charge >= 0.3 is 11.9 Å². The summed E-state index contributed by atoms with van der Waals surface area (Å²) >= 11 is 1.29. The monoisotopic (exact) mass is 641 g/mol. The smallest absolute Gasteiger partial charge is 0.352 e. The molecule has 3 aliphatic rings. The zero-order valence-corrected chi connectivity index (χ0v) is 25.4. The number of para-hydroxylation sites is 1. The second-order valence-corrected chi connectivity index (χ2v) is 12.8. The molecule has 45 heavy (non-hydrogen) atoms. The van der Waals surface area contributed by atoms with Gasteiger partial charge in [-0.2, -0.15) is 23.3 Å². The molecule has 0 saturated carbocycles. The number of benzene rings is 2. The minimum Gasteiger partial charge on any atom is -0.352 e. The third-order valence-electron chi connectivity index (χ3n) is 9.01. The van der Waals surface area contributed by atoms with Crippen molar-refractivity contribution in [3.05, 3.63) is 59.2 Å². The average Bonchev–Trinajstić information content (AvgIpc) is 3.62. The lowest BCUT2D eigenvalue weighted by Gasteiger charge is -2.37. The van der Waals surface area contributed by atoms with Crippen LogP contribution in [0, 0.1) is 0 Å². The summed E-state index contributed by atoms with van der Waals surface area (Å²) in [5.74, 6) is 0.263. The van der Waals surface area contributed by atoms with Gasteiger partial charge in [-0.25, -0.2) is 9.18 Å². The molecular weight excluding hydrogens is 610 g/mol. The topological polar surface area (TPSA) is 79.5 Å². The second-order valence-electron chi connectivity index (χ2n) is 11.7. The Morgan fingerprint density at radius 2 is 1.93 bits per heavy atom. The van der Waals surface area contributed by atoms with Crippen molar-refractivity contribution in [2.45, 2.75) is 29.7 Å². The molecule has 2 aromatic heterocycles. The number of aryl methyl sites for hydroxylation is 1. The van der Waals surface area contributed by atoms with Crippen LogP contribution in [0.1, 0.15) is 18.0 Å². The molecule has 0 bridgehead atoms. The average molecular weight is 642 g/mol. The van der Waals surface area contributed by atoms with Crippen molar-refractivity contribution in [3.63, 3.8) is 0 Å². The van der Waals surface area contributed by atoms with Gasteiger partial charge in [-0.3, -0.25) is 18.9 Å². The molecule has 0 spiro atoms. The number of thioether (sulfide) groups is 1. The van der Waals surface area contributed by atoms with Crippen molar-refractivity contribution in [2.24, 2.45) is 7.05 Å². The van der Waals surface area contributed by atoms with Gasteiger partial charge in [0.2, 0.25) is 5.91 Å². The molecule has 0 radical (unpaired) electrons. The number of hydrogen-bond donors (Lipinski definition) is 0. The van der Waals surface area contributed by atoms with Gasteiger partial charge in [-0.1, -0.05) is 24.8 Å². The second kappa shape index (κ2) is 11.2. The number of rotatable bonds is 5. The van der Waals surface area contributed by atoms with E-state index in [-0.39, 0.29) is 29.2 Å². The standard InChI is InChI=1S/C31H31F4N7O2S/c1-3-24(43)40-9-11-41(12-10-40)29-22-13-23(31(33,34)35)25(21-6-4-5-18-14-36-38(2)26(18)21)28-27(22)42(30(44)37-29)20(17-45-28)16-39-8-7-19(32)15-39/h3-6,13-14,19-20H,1,7-12,15-17H2,2H3. The molecule has 2 saturated heterocycles. The van der Waals surface area contributed by atoms with Crippen LogP contribution in [0.2, 0.25) is 0 Å². The maximum atomic E-state index is 15.1. The molecule has 7 rings (SSSR count). The van der Waals surface area contributed by atoms with Crippen LogP contribution in [0.4, 0.5) is 23.4 Å². The molecule has 4 aromatic rings. The van der Waals surface area contributed by atoms with Gasteiger partial charge in [0.25, 0.3) is 0 Å². The van der Waals surface area contributed by atoms with Crippen molar-refractivity contribution < 1.29 is 22.4 Å². The van der Waals surface area contributed by atoms with Crippen LogP contribution >= 0.6 is 11.8 Å². The first-order valence-electron chi connectivity index (χ1n) is 14.8. The van der Waals surface area contributed by atoms with Crippen molar-refractivity contribution in [2.75, 3.05) is 56.5 Å². The van der Waals surface area contributed by atoms with E-state index in [0.29, 0.717) is 78.3 Å². The molecule has 1 amide bonds. The summed E-state index contributed by atoms with van der Waals surface area (Å²) in [6.07, 6.45) is -2.42. The van der Waals surface area contributed by atoms with Crippen LogP contribution in [-0.4, -0.2) is 92.8 Å². The van der Waals surface area contributed by atoms with Gasteiger partial charge in [0.15, 0.2) is 0 Å². The molecule has 14 heteroatoms. The first-order valence-corrected chi connectivity index (χ1v) is 15.8. The van der Waals surface area contributed by atoms with E-state index in [1.807, 2.05) is 4.90 Å². The first kappa shape index (κ1) is 29.8. The predicted molar refractivity (Wildman–Crippen MR) is 165 cm³/mol. The van der Waals surface area contributed by atoms with E-state index < -0.39 is 29.6 Å². The number of nitrogens with zero attached hydrogens (tertiary/aromatic N) is 7. The number of anilines is 1. The maximum absolute atomic E-state index is 15.1. The Labute approximate surface area is 260 Å². The predicted octanol–water partition coefficient (Wildman–Crippen LogP) is 4.49. The van der Waals surface area contributed by atoms with E-state index in [1.165, 1.54) is 22.4 Å². The molecule has 2 atom stereocenters. The Balaban J connectivity index is 1.48. The number of amides is 1. The maximum Gasteiger partial charge on any atom is 0.417 e. The normalized spacial score (nSPS) is 20.8. The molecule has 236 valence electrons. The molecule has 9 nitrogen and oxygen atoms in total. The Bertz CT molecular complexity index is 1900. The van der Waals surface area contributed by atoms with E-state index >= 15 is 13.2 Å². The Morgan fingerprint density at radius 3 is 2.62 bits per heavy atom. The molecule has 2 aromatic carbocycles. The number of alkyl halides is 4. The molecule has 0 aliphatic carbocycles. The molecule has 3 aliphatic heterocycles. The first-order chi connectivity index (χ1) is 21.5. The lowest BCUT2D eigenvalue weighted by Crippen LogP contribution is -2.49. The minimum absolute atomic E-state index is 0.00402. The third kappa shape index (κ3) is 5.07. The van der Waals surface area contributed by atoms with E-state index in [0.717, 1.165) is 6.07 Å². The summed E-state index contributed by atoms with van der Waals surface area (Å²) in [7, 11) is 1.69. The summed E-state index contributed by atoms with van der Waals surface area (Å²) in [6, 6.07) is 5.89. The van der Waals surface area contributed by atoms with E-state index in [9.17, 15) is 14.0 Å². The highest BCUT2D eigenvalue weighted by atomic mass is 32.2. The Kier molecular flexibility index (Phi) is 7.39. The lowest BCUT2D eigenvalue weighted by molar-refractivity contribution is -0.137. The van der Waals surface area contributed by atoms with E-state index in [1.54, 1.807) is 45.9 Å². The largest absolute Gasteiger partial charge is 0.417 e. The number of aromatic nitrogens is 4. The van der Waals surface area contributed by atoms with Crippen LogP contribution in [-0.2, 0) is 18.0 Å². The van der Waals surface area contributed by atoms with Gasteiger partial charge < -0.3 is 9.80 Å². The number of halogens is 4. The molecule has 2 unspecified atom stereocenters. The fourth-order valence-electron chi connectivity index (χ4n) is 6.91. The van der Waals surface area contributed by atoms with Crippen LogP contribution in [0.15, 0.2) is 52.8 Å². The molecular formula is C31H31F4N7O2S. The van der Waals surface area contributed by atoms with E-state index in [2.05, 4.69) is 16.7 Å². The summed E-state index contributed by atoms with van der Waals surface area (Å²) in [5, 5.41) is 5.22. The van der Waals surface area contributed by atoms with Crippen LogP contribution in [0.5, 0.6) is 0 Å². The van der Waals surface area contributed by atoms with Crippen molar-refractivity contribution in [1.82, 2.24) is 29.1 Å². The van der Waals surface area contributed by atoms with Crippen molar-refractivity contribution >= 4 is 45.3 Å². The number of fused-ring (bicyclic) bond motifs is 1. The number of likely N-dealkylation sites (tertiary alicyclic amines) is 1. The minimum atomic E-state index is -4.73. The van der Waals surface area contributed by atoms with Gasteiger partial charge in [-0.05, 0) is 18.6 Å². The van der Waals surface area contributed by atoms with Gasteiger partial charge in [0.05, 0.1) is 28.8 Å². The fourth-order valence-corrected chi connectivity index (χ4v) is 8.23.